The molecule has 0 saturated heterocycles. The normalized spacial score (nSPS) is 9.88. The summed E-state index contributed by atoms with van der Waals surface area (Å²) in [6.07, 6.45) is 0.884. The number of rotatable bonds is 5. The van der Waals surface area contributed by atoms with Gasteiger partial charge in [-0.2, -0.15) is 5.26 Å². The summed E-state index contributed by atoms with van der Waals surface area (Å²) in [6.45, 7) is 1.47. The van der Waals surface area contributed by atoms with E-state index in [0.717, 1.165) is 18.7 Å². The van der Waals surface area contributed by atoms with Crippen LogP contribution in [0.3, 0.4) is 0 Å². The van der Waals surface area contributed by atoms with Crippen molar-refractivity contribution in [3.8, 4) is 6.07 Å². The second-order valence-corrected chi connectivity index (χ2v) is 3.54. The first-order valence-corrected chi connectivity index (χ1v) is 5.08. The van der Waals surface area contributed by atoms with E-state index in [2.05, 4.69) is 0 Å². The molecule has 0 aliphatic rings. The predicted octanol–water partition coefficient (Wildman–Crippen LogP) is 2.17. The first-order chi connectivity index (χ1) is 7.69. The topological polar surface area (TPSA) is 36.3 Å². The molecule has 0 unspecified atom stereocenters. The smallest absolute Gasteiger partial charge is 0.143 e. The second kappa shape index (κ2) is 6.09. The lowest BCUT2D eigenvalue weighted by molar-refractivity contribution is 0.196. The molecule has 16 heavy (non-hydrogen) atoms. The first kappa shape index (κ1) is 12.5. The number of halogens is 1. The average molecular weight is 222 g/mol. The summed E-state index contributed by atoms with van der Waals surface area (Å²) in [6, 6.07) is 6.42. The quantitative estimate of drug-likeness (QED) is 0.716. The molecular formula is C12H15FN2O. The van der Waals surface area contributed by atoms with Gasteiger partial charge in [0, 0.05) is 33.0 Å². The largest absolute Gasteiger partial charge is 0.385 e. The summed E-state index contributed by atoms with van der Waals surface area (Å²) < 4.78 is 18.3. The van der Waals surface area contributed by atoms with Gasteiger partial charge in [-0.05, 0) is 24.6 Å². The van der Waals surface area contributed by atoms with E-state index in [-0.39, 0.29) is 5.56 Å². The van der Waals surface area contributed by atoms with Crippen LogP contribution in [0, 0.1) is 17.1 Å². The van der Waals surface area contributed by atoms with Gasteiger partial charge in [-0.25, -0.2) is 4.39 Å². The van der Waals surface area contributed by atoms with Crippen molar-refractivity contribution in [3.05, 3.63) is 29.6 Å². The van der Waals surface area contributed by atoms with Gasteiger partial charge in [-0.1, -0.05) is 0 Å². The fourth-order valence-electron chi connectivity index (χ4n) is 1.41. The summed E-state index contributed by atoms with van der Waals surface area (Å²) in [4.78, 5) is 1.93. The molecule has 3 nitrogen and oxygen atoms in total. The van der Waals surface area contributed by atoms with Crippen molar-refractivity contribution in [2.45, 2.75) is 6.42 Å². The highest BCUT2D eigenvalue weighted by Crippen LogP contribution is 2.17. The first-order valence-electron chi connectivity index (χ1n) is 5.08. The number of nitrogens with zero attached hydrogens (tertiary/aromatic N) is 2. The Hall–Kier alpha value is -1.60. The predicted molar refractivity (Wildman–Crippen MR) is 60.9 cm³/mol. The molecule has 4 heteroatoms. The summed E-state index contributed by atoms with van der Waals surface area (Å²) >= 11 is 0. The Morgan fingerprint density at radius 3 is 2.81 bits per heavy atom. The van der Waals surface area contributed by atoms with E-state index in [9.17, 15) is 4.39 Å². The third-order valence-corrected chi connectivity index (χ3v) is 2.36. The number of benzene rings is 1. The molecule has 0 fully saturated rings. The Bertz CT molecular complexity index is 387. The van der Waals surface area contributed by atoms with Crippen molar-refractivity contribution in [1.82, 2.24) is 0 Å². The van der Waals surface area contributed by atoms with Gasteiger partial charge in [0.15, 0.2) is 0 Å². The van der Waals surface area contributed by atoms with Gasteiger partial charge in [-0.3, -0.25) is 0 Å². The van der Waals surface area contributed by atoms with E-state index in [1.165, 1.54) is 12.1 Å². The van der Waals surface area contributed by atoms with E-state index in [1.54, 1.807) is 19.2 Å². The number of ether oxygens (including phenoxy) is 1. The molecule has 0 aliphatic heterocycles. The molecule has 1 aromatic rings. The molecule has 0 bridgehead atoms. The van der Waals surface area contributed by atoms with Gasteiger partial charge in [0.2, 0.25) is 0 Å². The van der Waals surface area contributed by atoms with Crippen molar-refractivity contribution in [3.63, 3.8) is 0 Å². The zero-order valence-electron chi connectivity index (χ0n) is 9.53. The van der Waals surface area contributed by atoms with Crippen molar-refractivity contribution in [2.24, 2.45) is 0 Å². The summed E-state index contributed by atoms with van der Waals surface area (Å²) in [7, 11) is 3.54. The van der Waals surface area contributed by atoms with Crippen LogP contribution in [-0.2, 0) is 4.74 Å². The molecular weight excluding hydrogens is 207 g/mol. The van der Waals surface area contributed by atoms with E-state index in [0.29, 0.717) is 6.61 Å². The highest BCUT2D eigenvalue weighted by Gasteiger charge is 2.05. The van der Waals surface area contributed by atoms with Gasteiger partial charge in [0.1, 0.15) is 11.9 Å². The number of nitriles is 1. The van der Waals surface area contributed by atoms with Crippen molar-refractivity contribution < 1.29 is 9.13 Å². The van der Waals surface area contributed by atoms with Gasteiger partial charge in [0.25, 0.3) is 0 Å². The van der Waals surface area contributed by atoms with Crippen LogP contribution < -0.4 is 4.90 Å². The summed E-state index contributed by atoms with van der Waals surface area (Å²) in [5, 5.41) is 8.60. The van der Waals surface area contributed by atoms with Gasteiger partial charge in [-0.15, -0.1) is 0 Å². The fraction of sp³-hybridized carbons (Fsp3) is 0.417. The Morgan fingerprint density at radius 2 is 2.25 bits per heavy atom. The zero-order valence-corrected chi connectivity index (χ0v) is 9.53. The van der Waals surface area contributed by atoms with Crippen LogP contribution >= 0.6 is 0 Å². The highest BCUT2D eigenvalue weighted by atomic mass is 19.1. The average Bonchev–Trinajstić information content (AvgIpc) is 2.29. The standard InChI is InChI=1S/C12H15FN2O/c1-15(6-3-7-16-2)11-5-4-10(9-14)12(13)8-11/h4-5,8H,3,6-7H2,1-2H3. The van der Waals surface area contributed by atoms with Crippen LogP contribution in [0.1, 0.15) is 12.0 Å². The van der Waals surface area contributed by atoms with Gasteiger partial charge >= 0.3 is 0 Å². The lowest BCUT2D eigenvalue weighted by Gasteiger charge is -2.19. The fourth-order valence-corrected chi connectivity index (χ4v) is 1.41. The molecule has 0 atom stereocenters. The molecule has 0 spiro atoms. The molecule has 1 rings (SSSR count). The molecule has 0 aromatic heterocycles. The molecule has 1 aromatic carbocycles. The molecule has 86 valence electrons. The maximum atomic E-state index is 13.3. The van der Waals surface area contributed by atoms with Crippen LogP contribution in [-0.4, -0.2) is 27.3 Å². The van der Waals surface area contributed by atoms with Crippen molar-refractivity contribution >= 4 is 5.69 Å². The second-order valence-electron chi connectivity index (χ2n) is 3.54. The van der Waals surface area contributed by atoms with Crippen molar-refractivity contribution in [1.29, 1.82) is 5.26 Å². The molecule has 0 aliphatic carbocycles. The Labute approximate surface area is 95.1 Å². The number of anilines is 1. The maximum absolute atomic E-state index is 13.3. The van der Waals surface area contributed by atoms with Gasteiger partial charge < -0.3 is 9.64 Å². The van der Waals surface area contributed by atoms with Gasteiger partial charge in [0.05, 0.1) is 5.56 Å². The van der Waals surface area contributed by atoms with Crippen LogP contribution in [0.4, 0.5) is 10.1 Å². The Kier molecular flexibility index (Phi) is 4.74. The maximum Gasteiger partial charge on any atom is 0.143 e. The summed E-state index contributed by atoms with van der Waals surface area (Å²) in [5.74, 6) is -0.474. The summed E-state index contributed by atoms with van der Waals surface area (Å²) in [5.41, 5.74) is 0.849. The minimum Gasteiger partial charge on any atom is -0.385 e. The van der Waals surface area contributed by atoms with E-state index >= 15 is 0 Å². The number of methoxy groups -OCH3 is 1. The van der Waals surface area contributed by atoms with E-state index in [4.69, 9.17) is 10.00 Å². The SMILES string of the molecule is COCCCN(C)c1ccc(C#N)c(F)c1. The highest BCUT2D eigenvalue weighted by molar-refractivity contribution is 5.49. The Morgan fingerprint density at radius 1 is 1.50 bits per heavy atom. The Balaban J connectivity index is 2.66. The molecule has 0 amide bonds. The van der Waals surface area contributed by atoms with Crippen LogP contribution in [0.15, 0.2) is 18.2 Å². The molecule has 0 heterocycles. The van der Waals surface area contributed by atoms with Crippen LogP contribution in [0.25, 0.3) is 0 Å². The number of hydrogen-bond acceptors (Lipinski definition) is 3. The lowest BCUT2D eigenvalue weighted by Crippen LogP contribution is -2.19. The number of hydrogen-bond donors (Lipinski definition) is 0. The van der Waals surface area contributed by atoms with E-state index < -0.39 is 5.82 Å². The minimum absolute atomic E-state index is 0.0778. The van der Waals surface area contributed by atoms with E-state index in [1.807, 2.05) is 11.9 Å². The lowest BCUT2D eigenvalue weighted by atomic mass is 10.2. The minimum atomic E-state index is -0.474. The monoisotopic (exact) mass is 222 g/mol. The third kappa shape index (κ3) is 3.21. The van der Waals surface area contributed by atoms with Crippen molar-refractivity contribution in [2.75, 3.05) is 32.2 Å². The molecule has 0 N–H and O–H groups in total. The van der Waals surface area contributed by atoms with Crippen LogP contribution in [0.5, 0.6) is 0 Å². The zero-order chi connectivity index (χ0) is 12.0. The third-order valence-electron chi connectivity index (χ3n) is 2.36. The molecule has 0 radical (unpaired) electrons. The molecule has 0 saturated carbocycles. The van der Waals surface area contributed by atoms with Crippen LogP contribution in [0.2, 0.25) is 0 Å².